The molecule has 8 nitrogen and oxygen atoms in total. The summed E-state index contributed by atoms with van der Waals surface area (Å²) in [6.07, 6.45) is 2.31. The van der Waals surface area contributed by atoms with Crippen molar-refractivity contribution in [3.8, 4) is 5.00 Å². The molecule has 2 aromatic heterocycles. The number of nitrogens with zero attached hydrogens (tertiary/aromatic N) is 4. The maximum absolute atomic E-state index is 13.2. The van der Waals surface area contributed by atoms with Crippen LogP contribution in [-0.4, -0.2) is 52.2 Å². The lowest BCUT2D eigenvalue weighted by Crippen LogP contribution is -2.37. The Balaban J connectivity index is 1.65. The Labute approximate surface area is 188 Å². The Bertz CT molecular complexity index is 1240. The summed E-state index contributed by atoms with van der Waals surface area (Å²) in [6.45, 7) is 0.561. The van der Waals surface area contributed by atoms with Crippen molar-refractivity contribution in [2.45, 2.75) is 25.3 Å². The number of benzene rings is 1. The van der Waals surface area contributed by atoms with Gasteiger partial charge in [-0.05, 0) is 54.6 Å². The maximum atomic E-state index is 13.2. The normalized spacial score (nSPS) is 15.9. The SMILES string of the molecule is CS(=O)(=O)N1CCC(c2nn(CC(=O)c3ccc(Cl)cc3)c(=O)n2-c2cccs2)CC1. The molecular formula is C20H21ClN4O4S2. The topological polar surface area (TPSA) is 94.3 Å². The molecule has 1 aliphatic rings. The van der Waals surface area contributed by atoms with E-state index < -0.39 is 10.0 Å². The highest BCUT2D eigenvalue weighted by molar-refractivity contribution is 7.88. The van der Waals surface area contributed by atoms with Crippen LogP contribution in [0, 0.1) is 0 Å². The summed E-state index contributed by atoms with van der Waals surface area (Å²) in [5, 5.41) is 7.63. The van der Waals surface area contributed by atoms with Crippen molar-refractivity contribution < 1.29 is 13.2 Å². The van der Waals surface area contributed by atoms with Crippen LogP contribution in [-0.2, 0) is 16.6 Å². The summed E-state index contributed by atoms with van der Waals surface area (Å²) in [5.74, 6) is 0.234. The second-order valence-electron chi connectivity index (χ2n) is 7.45. The molecule has 0 atom stereocenters. The van der Waals surface area contributed by atoms with E-state index in [9.17, 15) is 18.0 Å². The van der Waals surface area contributed by atoms with Gasteiger partial charge < -0.3 is 0 Å². The molecule has 0 aliphatic carbocycles. The van der Waals surface area contributed by atoms with Gasteiger partial charge in [0.25, 0.3) is 0 Å². The van der Waals surface area contributed by atoms with Crippen LogP contribution in [0.25, 0.3) is 5.00 Å². The Kier molecular flexibility index (Phi) is 6.16. The van der Waals surface area contributed by atoms with Crippen LogP contribution in [0.15, 0.2) is 46.6 Å². The Morgan fingerprint density at radius 3 is 2.45 bits per heavy atom. The molecule has 0 bridgehead atoms. The van der Waals surface area contributed by atoms with Gasteiger partial charge in [-0.15, -0.1) is 11.3 Å². The fourth-order valence-electron chi connectivity index (χ4n) is 3.70. The highest BCUT2D eigenvalue weighted by Gasteiger charge is 2.31. The third-order valence-corrected chi connectivity index (χ3v) is 7.75. The van der Waals surface area contributed by atoms with Crippen molar-refractivity contribution in [3.63, 3.8) is 0 Å². The molecule has 1 aliphatic heterocycles. The molecule has 3 aromatic rings. The van der Waals surface area contributed by atoms with E-state index in [0.29, 0.717) is 42.3 Å². The van der Waals surface area contributed by atoms with Gasteiger partial charge in [0, 0.05) is 29.6 Å². The highest BCUT2D eigenvalue weighted by Crippen LogP contribution is 2.29. The number of halogens is 1. The fourth-order valence-corrected chi connectivity index (χ4v) is 5.44. The zero-order valence-corrected chi connectivity index (χ0v) is 19.2. The third kappa shape index (κ3) is 4.67. The molecule has 0 N–H and O–H groups in total. The number of piperidine rings is 1. The van der Waals surface area contributed by atoms with E-state index in [1.165, 1.54) is 26.6 Å². The monoisotopic (exact) mass is 480 g/mol. The number of ketones is 1. The van der Waals surface area contributed by atoms with Gasteiger partial charge in [-0.2, -0.15) is 5.10 Å². The molecule has 1 saturated heterocycles. The molecule has 0 unspecified atom stereocenters. The van der Waals surface area contributed by atoms with Gasteiger partial charge in [-0.25, -0.2) is 26.8 Å². The molecule has 0 amide bonds. The largest absolute Gasteiger partial charge is 0.351 e. The molecule has 1 fully saturated rings. The second kappa shape index (κ2) is 8.70. The standard InChI is InChI=1S/C20H21ClN4O4S2/c1-31(28,29)23-10-8-15(9-11-23)19-22-24(20(27)25(19)18-3-2-12-30-18)13-17(26)14-4-6-16(21)7-5-14/h2-7,12,15H,8-11,13H2,1H3. The minimum atomic E-state index is -3.25. The molecule has 1 aromatic carbocycles. The number of aromatic nitrogens is 3. The van der Waals surface area contributed by atoms with Crippen LogP contribution in [0.2, 0.25) is 5.02 Å². The summed E-state index contributed by atoms with van der Waals surface area (Å²) in [7, 11) is -3.25. The number of carbonyl (C=O) groups excluding carboxylic acids is 1. The van der Waals surface area contributed by atoms with Crippen LogP contribution in [0.1, 0.15) is 34.9 Å². The smallest absolute Gasteiger partial charge is 0.292 e. The minimum Gasteiger partial charge on any atom is -0.292 e. The lowest BCUT2D eigenvalue weighted by molar-refractivity contribution is 0.0966. The van der Waals surface area contributed by atoms with E-state index in [0.717, 1.165) is 5.00 Å². The lowest BCUT2D eigenvalue weighted by atomic mass is 9.97. The third-order valence-electron chi connectivity index (χ3n) is 5.34. The molecule has 31 heavy (non-hydrogen) atoms. The zero-order chi connectivity index (χ0) is 22.2. The number of sulfonamides is 1. The summed E-state index contributed by atoms with van der Waals surface area (Å²) >= 11 is 7.29. The molecule has 4 rings (SSSR count). The molecule has 0 radical (unpaired) electrons. The minimum absolute atomic E-state index is 0.0836. The van der Waals surface area contributed by atoms with E-state index in [4.69, 9.17) is 11.6 Å². The summed E-state index contributed by atoms with van der Waals surface area (Å²) < 4.78 is 27.8. The molecule has 0 saturated carbocycles. The first-order valence-corrected chi connectivity index (χ1v) is 12.8. The van der Waals surface area contributed by atoms with Gasteiger partial charge in [0.05, 0.1) is 6.26 Å². The highest BCUT2D eigenvalue weighted by atomic mass is 35.5. The maximum Gasteiger partial charge on any atom is 0.351 e. The molecule has 164 valence electrons. The Hall–Kier alpha value is -2.27. The molecule has 3 heterocycles. The van der Waals surface area contributed by atoms with Gasteiger partial charge in [-0.1, -0.05) is 11.6 Å². The van der Waals surface area contributed by atoms with Gasteiger partial charge in [0.15, 0.2) is 5.78 Å². The van der Waals surface area contributed by atoms with Crippen LogP contribution < -0.4 is 5.69 Å². The fraction of sp³-hybridized carbons (Fsp3) is 0.350. The molecular weight excluding hydrogens is 460 g/mol. The Morgan fingerprint density at radius 1 is 1.19 bits per heavy atom. The summed E-state index contributed by atoms with van der Waals surface area (Å²) in [6, 6.07) is 10.2. The van der Waals surface area contributed by atoms with Crippen molar-refractivity contribution >= 4 is 38.7 Å². The Morgan fingerprint density at radius 2 is 1.87 bits per heavy atom. The van der Waals surface area contributed by atoms with Gasteiger partial charge >= 0.3 is 5.69 Å². The van der Waals surface area contributed by atoms with E-state index in [1.807, 2.05) is 17.5 Å². The van der Waals surface area contributed by atoms with E-state index >= 15 is 0 Å². The van der Waals surface area contributed by atoms with Gasteiger partial charge in [0.1, 0.15) is 17.4 Å². The van der Waals surface area contributed by atoms with Crippen LogP contribution in [0.4, 0.5) is 0 Å². The van der Waals surface area contributed by atoms with Crippen molar-refractivity contribution in [1.82, 2.24) is 18.7 Å². The van der Waals surface area contributed by atoms with Crippen molar-refractivity contribution in [3.05, 3.63) is 68.7 Å². The first-order chi connectivity index (χ1) is 14.7. The van der Waals surface area contributed by atoms with E-state index in [1.54, 1.807) is 28.8 Å². The second-order valence-corrected chi connectivity index (χ2v) is 10.8. The average Bonchev–Trinajstić information content (AvgIpc) is 3.36. The van der Waals surface area contributed by atoms with Crippen molar-refractivity contribution in [1.29, 1.82) is 0 Å². The van der Waals surface area contributed by atoms with Crippen LogP contribution >= 0.6 is 22.9 Å². The molecule has 11 heteroatoms. The number of thiophene rings is 1. The van der Waals surface area contributed by atoms with Gasteiger partial charge in [0.2, 0.25) is 10.0 Å². The average molecular weight is 481 g/mol. The predicted octanol–water partition coefficient (Wildman–Crippen LogP) is 2.77. The van der Waals surface area contributed by atoms with Crippen LogP contribution in [0.5, 0.6) is 0 Å². The summed E-state index contributed by atoms with van der Waals surface area (Å²) in [4.78, 5) is 25.9. The molecule has 0 spiro atoms. The number of hydrogen-bond donors (Lipinski definition) is 0. The zero-order valence-electron chi connectivity index (χ0n) is 16.8. The van der Waals surface area contributed by atoms with Crippen LogP contribution in [0.3, 0.4) is 0 Å². The predicted molar refractivity (Wildman–Crippen MR) is 120 cm³/mol. The van der Waals surface area contributed by atoms with Gasteiger partial charge in [-0.3, -0.25) is 4.79 Å². The first kappa shape index (κ1) is 21.9. The van der Waals surface area contributed by atoms with Crippen molar-refractivity contribution in [2.24, 2.45) is 0 Å². The number of Topliss-reactive ketones (excluding diaryl/α,β-unsaturated/α-hetero) is 1. The number of carbonyl (C=O) groups is 1. The first-order valence-electron chi connectivity index (χ1n) is 9.71. The van der Waals surface area contributed by atoms with E-state index in [-0.39, 0.29) is 23.9 Å². The number of hydrogen-bond acceptors (Lipinski definition) is 6. The quantitative estimate of drug-likeness (QED) is 0.505. The lowest BCUT2D eigenvalue weighted by Gasteiger charge is -2.29. The van der Waals surface area contributed by atoms with E-state index in [2.05, 4.69) is 5.10 Å². The summed E-state index contributed by atoms with van der Waals surface area (Å²) in [5.41, 5.74) is 0.0651. The number of rotatable bonds is 6. The van der Waals surface area contributed by atoms with Crippen molar-refractivity contribution in [2.75, 3.05) is 19.3 Å².